The van der Waals surface area contributed by atoms with Gasteiger partial charge < -0.3 is 9.47 Å². The lowest BCUT2D eigenvalue weighted by molar-refractivity contribution is -0.145. The van der Waals surface area contributed by atoms with Gasteiger partial charge in [0.2, 0.25) is 6.23 Å². The zero-order valence-electron chi connectivity index (χ0n) is 19.8. The van der Waals surface area contributed by atoms with Crippen LogP contribution in [0.5, 0.6) is 0 Å². The van der Waals surface area contributed by atoms with Crippen molar-refractivity contribution in [1.29, 1.82) is 0 Å². The van der Waals surface area contributed by atoms with E-state index in [2.05, 4.69) is 0 Å². The molecule has 7 heteroatoms. The molecule has 0 N–H and O–H groups in total. The minimum Gasteiger partial charge on any atom is -0.444 e. The van der Waals surface area contributed by atoms with E-state index in [-0.39, 0.29) is 18.2 Å². The van der Waals surface area contributed by atoms with Crippen LogP contribution in [-0.2, 0) is 26.4 Å². The van der Waals surface area contributed by atoms with Crippen LogP contribution in [0.3, 0.4) is 0 Å². The Hall–Kier alpha value is -4.10. The Kier molecular flexibility index (Phi) is 7.23. The van der Waals surface area contributed by atoms with Crippen molar-refractivity contribution < 1.29 is 23.5 Å². The average Bonchev–Trinajstić information content (AvgIpc) is 3.26. The zero-order chi connectivity index (χ0) is 25.7. The Balaban J connectivity index is 1.56. The molecule has 0 unspecified atom stereocenters. The van der Waals surface area contributed by atoms with Gasteiger partial charge in [-0.25, -0.2) is 18.9 Å². The van der Waals surface area contributed by atoms with Crippen LogP contribution >= 0.6 is 11.8 Å². The number of thioether (sulfide) groups is 1. The molecule has 0 radical (unpaired) electrons. The molecule has 1 aliphatic rings. The molecule has 5 rings (SSSR count). The topological polar surface area (TPSA) is 55.8 Å². The average molecular weight is 514 g/mol. The fourth-order valence-corrected chi connectivity index (χ4v) is 5.45. The summed E-state index contributed by atoms with van der Waals surface area (Å²) >= 11 is 1.34. The highest BCUT2D eigenvalue weighted by molar-refractivity contribution is 7.99. The number of cyclic esters (lactones) is 1. The largest absolute Gasteiger partial charge is 0.444 e. The summed E-state index contributed by atoms with van der Waals surface area (Å²) in [6, 6.07) is 33.6. The molecule has 186 valence electrons. The van der Waals surface area contributed by atoms with Crippen molar-refractivity contribution in [2.24, 2.45) is 0 Å². The van der Waals surface area contributed by atoms with Gasteiger partial charge in [-0.1, -0.05) is 91.0 Å². The summed E-state index contributed by atoms with van der Waals surface area (Å²) in [6.45, 7) is 0.0435. The Bertz CT molecular complexity index is 1350. The standard InChI is InChI=1S/C30H24FNO4S/c31-25-16-18-26(19-17-25)37-21-30(24-14-8-3-9-15-24)28(33)36-27(23-12-6-2-7-13-23)32(30)29(34)35-20-22-10-4-1-5-11-22/h1-19,27H,20-21H2/t27-,30-/m1/s1. The maximum Gasteiger partial charge on any atom is 0.414 e. The fraction of sp³-hybridized carbons (Fsp3) is 0.133. The molecule has 2 atom stereocenters. The third-order valence-electron chi connectivity index (χ3n) is 6.20. The van der Waals surface area contributed by atoms with E-state index in [1.54, 1.807) is 24.3 Å². The van der Waals surface area contributed by atoms with Crippen LogP contribution in [0.25, 0.3) is 0 Å². The quantitative estimate of drug-likeness (QED) is 0.203. The van der Waals surface area contributed by atoms with Crippen molar-refractivity contribution in [3.05, 3.63) is 138 Å². The first-order chi connectivity index (χ1) is 18.1. The van der Waals surface area contributed by atoms with Gasteiger partial charge in [-0.05, 0) is 35.4 Å². The number of benzene rings is 4. The van der Waals surface area contributed by atoms with E-state index in [4.69, 9.17) is 9.47 Å². The molecule has 37 heavy (non-hydrogen) atoms. The molecular formula is C30H24FNO4S. The summed E-state index contributed by atoms with van der Waals surface area (Å²) in [5.41, 5.74) is 0.598. The lowest BCUT2D eigenvalue weighted by atomic mass is 9.90. The summed E-state index contributed by atoms with van der Waals surface area (Å²) in [7, 11) is 0. The first-order valence-corrected chi connectivity index (χ1v) is 12.8. The van der Waals surface area contributed by atoms with E-state index in [9.17, 15) is 14.0 Å². The Labute approximate surface area is 218 Å². The van der Waals surface area contributed by atoms with Gasteiger partial charge in [0, 0.05) is 16.2 Å². The van der Waals surface area contributed by atoms with Crippen molar-refractivity contribution in [2.45, 2.75) is 23.3 Å². The maximum absolute atomic E-state index is 13.8. The third kappa shape index (κ3) is 5.08. The second-order valence-electron chi connectivity index (χ2n) is 8.55. The minimum atomic E-state index is -1.48. The molecule has 5 nitrogen and oxygen atoms in total. The number of carbonyl (C=O) groups excluding carboxylic acids is 2. The van der Waals surface area contributed by atoms with E-state index in [0.717, 1.165) is 10.5 Å². The maximum atomic E-state index is 13.8. The molecule has 0 spiro atoms. The number of ether oxygens (including phenoxy) is 2. The van der Waals surface area contributed by atoms with Crippen molar-refractivity contribution in [1.82, 2.24) is 4.90 Å². The molecular weight excluding hydrogens is 489 g/mol. The summed E-state index contributed by atoms with van der Waals surface area (Å²) in [6.07, 6.45) is -1.65. The number of amides is 1. The summed E-state index contributed by atoms with van der Waals surface area (Å²) in [5.74, 6) is -0.762. The number of hydrogen-bond donors (Lipinski definition) is 0. The van der Waals surface area contributed by atoms with Gasteiger partial charge in [0.15, 0.2) is 5.54 Å². The zero-order valence-corrected chi connectivity index (χ0v) is 20.6. The monoisotopic (exact) mass is 513 g/mol. The van der Waals surface area contributed by atoms with Crippen molar-refractivity contribution in [3.63, 3.8) is 0 Å². The molecule has 1 fully saturated rings. The molecule has 1 aliphatic heterocycles. The van der Waals surface area contributed by atoms with Crippen molar-refractivity contribution in [2.75, 3.05) is 5.75 Å². The Morgan fingerprint density at radius 1 is 0.865 bits per heavy atom. The Morgan fingerprint density at radius 3 is 2.11 bits per heavy atom. The first kappa shape index (κ1) is 24.6. The van der Waals surface area contributed by atoms with Crippen LogP contribution < -0.4 is 0 Å². The molecule has 1 saturated heterocycles. The van der Waals surface area contributed by atoms with Gasteiger partial charge >= 0.3 is 12.1 Å². The van der Waals surface area contributed by atoms with Crippen LogP contribution in [-0.4, -0.2) is 22.7 Å². The SMILES string of the molecule is O=C(OCc1ccccc1)N1[C@@H](c2ccccc2)OC(=O)[C@@]1(CSc1ccc(F)cc1)c1ccccc1. The number of halogens is 1. The second kappa shape index (κ2) is 10.9. The van der Waals surface area contributed by atoms with Crippen LogP contribution in [0.4, 0.5) is 9.18 Å². The summed E-state index contributed by atoms with van der Waals surface area (Å²) < 4.78 is 25.2. The minimum absolute atomic E-state index is 0.0435. The summed E-state index contributed by atoms with van der Waals surface area (Å²) in [5, 5.41) is 0. The van der Waals surface area contributed by atoms with Crippen LogP contribution in [0.2, 0.25) is 0 Å². The van der Waals surface area contributed by atoms with Gasteiger partial charge in [0.1, 0.15) is 12.4 Å². The molecule has 1 amide bonds. The highest BCUT2D eigenvalue weighted by atomic mass is 32.2. The van der Waals surface area contributed by atoms with Gasteiger partial charge in [0.25, 0.3) is 0 Å². The normalized spacial score (nSPS) is 18.9. The van der Waals surface area contributed by atoms with E-state index >= 15 is 0 Å². The molecule has 0 saturated carbocycles. The predicted molar refractivity (Wildman–Crippen MR) is 139 cm³/mol. The Morgan fingerprint density at radius 2 is 1.46 bits per heavy atom. The number of nitrogens with zero attached hydrogens (tertiary/aromatic N) is 1. The number of carbonyl (C=O) groups is 2. The molecule has 0 bridgehead atoms. The van der Waals surface area contributed by atoms with Gasteiger partial charge in [0.05, 0.1) is 0 Å². The van der Waals surface area contributed by atoms with E-state index in [1.807, 2.05) is 78.9 Å². The highest BCUT2D eigenvalue weighted by Crippen LogP contribution is 2.47. The lowest BCUT2D eigenvalue weighted by Crippen LogP contribution is -2.51. The molecule has 1 heterocycles. The van der Waals surface area contributed by atoms with Gasteiger partial charge in [-0.3, -0.25) is 0 Å². The molecule has 0 aliphatic carbocycles. The number of rotatable bonds is 7. The highest BCUT2D eigenvalue weighted by Gasteiger charge is 2.60. The van der Waals surface area contributed by atoms with Crippen LogP contribution in [0, 0.1) is 5.82 Å². The number of esters is 1. The van der Waals surface area contributed by atoms with Gasteiger partial charge in [-0.15, -0.1) is 11.8 Å². The second-order valence-corrected chi connectivity index (χ2v) is 9.60. The van der Waals surface area contributed by atoms with Crippen molar-refractivity contribution >= 4 is 23.8 Å². The molecule has 4 aromatic rings. The third-order valence-corrected chi connectivity index (χ3v) is 7.37. The van der Waals surface area contributed by atoms with E-state index in [1.165, 1.54) is 28.8 Å². The van der Waals surface area contributed by atoms with Gasteiger partial charge in [-0.2, -0.15) is 0 Å². The lowest BCUT2D eigenvalue weighted by Gasteiger charge is -2.35. The fourth-order valence-electron chi connectivity index (χ4n) is 4.33. The first-order valence-electron chi connectivity index (χ1n) is 11.8. The van der Waals surface area contributed by atoms with Crippen molar-refractivity contribution in [3.8, 4) is 0 Å². The molecule has 0 aromatic heterocycles. The molecule has 4 aromatic carbocycles. The smallest absolute Gasteiger partial charge is 0.414 e. The summed E-state index contributed by atoms with van der Waals surface area (Å²) in [4.78, 5) is 29.8. The van der Waals surface area contributed by atoms with Crippen LogP contribution in [0.15, 0.2) is 120 Å². The van der Waals surface area contributed by atoms with E-state index in [0.29, 0.717) is 11.1 Å². The van der Waals surface area contributed by atoms with Crippen LogP contribution in [0.1, 0.15) is 22.9 Å². The number of hydrogen-bond acceptors (Lipinski definition) is 5. The predicted octanol–water partition coefficient (Wildman–Crippen LogP) is 6.71. The van der Waals surface area contributed by atoms with E-state index < -0.39 is 23.8 Å².